The number of carbonyl (C=O) groups is 2. The van der Waals surface area contributed by atoms with Crippen molar-refractivity contribution in [2.24, 2.45) is 0 Å². The predicted octanol–water partition coefficient (Wildman–Crippen LogP) is 5.03. The lowest BCUT2D eigenvalue weighted by Gasteiger charge is -2.12. The lowest BCUT2D eigenvalue weighted by Crippen LogP contribution is -2.26. The summed E-state index contributed by atoms with van der Waals surface area (Å²) >= 11 is 7.21. The zero-order chi connectivity index (χ0) is 24.8. The Kier molecular flexibility index (Phi) is 7.79. The summed E-state index contributed by atoms with van der Waals surface area (Å²) in [5.74, 6) is -1.04. The molecule has 0 aliphatic rings. The Morgan fingerprint density at radius 3 is 2.54 bits per heavy atom. The van der Waals surface area contributed by atoms with E-state index in [1.807, 2.05) is 61.5 Å². The molecule has 0 aliphatic carbocycles. The highest BCUT2D eigenvalue weighted by Crippen LogP contribution is 2.23. The van der Waals surface area contributed by atoms with Crippen LogP contribution in [0.1, 0.15) is 21.7 Å². The Balaban J connectivity index is 1.50. The smallest absolute Gasteiger partial charge is 0.256 e. The van der Waals surface area contributed by atoms with Crippen molar-refractivity contribution in [3.05, 3.63) is 101 Å². The van der Waals surface area contributed by atoms with E-state index in [-0.39, 0.29) is 28.8 Å². The molecule has 0 aliphatic heterocycles. The molecule has 0 unspecified atom stereocenters. The second kappa shape index (κ2) is 11.2. The third-order valence-corrected chi connectivity index (χ3v) is 6.19. The fourth-order valence-corrected chi connectivity index (χ4v) is 4.38. The van der Waals surface area contributed by atoms with Crippen molar-refractivity contribution in [2.45, 2.75) is 18.6 Å². The first-order chi connectivity index (χ1) is 16.9. The van der Waals surface area contributed by atoms with Crippen LogP contribution < -0.4 is 10.6 Å². The minimum Gasteiger partial charge on any atom is -0.345 e. The Hall–Kier alpha value is -3.69. The molecule has 0 bridgehead atoms. The quantitative estimate of drug-likeness (QED) is 0.325. The van der Waals surface area contributed by atoms with E-state index >= 15 is 0 Å². The third-order valence-electron chi connectivity index (χ3n) is 4.95. The van der Waals surface area contributed by atoms with Crippen LogP contribution in [0.4, 0.5) is 10.1 Å². The maximum absolute atomic E-state index is 14.1. The fraction of sp³-hybridized carbons (Fsp3) is 0.120. The molecule has 3 aromatic carbocycles. The molecule has 178 valence electrons. The van der Waals surface area contributed by atoms with Crippen LogP contribution >= 0.6 is 23.4 Å². The van der Waals surface area contributed by atoms with Gasteiger partial charge in [-0.1, -0.05) is 59.8 Å². The molecule has 7 nitrogen and oxygen atoms in total. The van der Waals surface area contributed by atoms with Crippen LogP contribution in [-0.2, 0) is 11.3 Å². The van der Waals surface area contributed by atoms with E-state index in [1.54, 1.807) is 4.57 Å². The molecule has 10 heteroatoms. The van der Waals surface area contributed by atoms with E-state index in [4.69, 9.17) is 11.6 Å². The minimum absolute atomic E-state index is 0.0166. The number of nitrogens with one attached hydrogen (secondary N) is 2. The average Bonchev–Trinajstić information content (AvgIpc) is 3.25. The van der Waals surface area contributed by atoms with Gasteiger partial charge in [-0.3, -0.25) is 14.2 Å². The van der Waals surface area contributed by atoms with Gasteiger partial charge in [-0.2, -0.15) is 0 Å². The number of benzene rings is 3. The van der Waals surface area contributed by atoms with E-state index in [0.717, 1.165) is 16.9 Å². The molecule has 4 rings (SSSR count). The normalized spacial score (nSPS) is 10.7. The van der Waals surface area contributed by atoms with E-state index < -0.39 is 11.7 Å². The van der Waals surface area contributed by atoms with Crippen LogP contribution in [0.25, 0.3) is 5.69 Å². The Morgan fingerprint density at radius 2 is 1.80 bits per heavy atom. The monoisotopic (exact) mass is 509 g/mol. The van der Waals surface area contributed by atoms with Gasteiger partial charge in [0.25, 0.3) is 5.91 Å². The molecule has 0 radical (unpaired) electrons. The molecule has 0 saturated heterocycles. The van der Waals surface area contributed by atoms with Gasteiger partial charge in [0.05, 0.1) is 22.9 Å². The third kappa shape index (κ3) is 6.06. The number of hydrogen-bond acceptors (Lipinski definition) is 5. The lowest BCUT2D eigenvalue weighted by molar-refractivity contribution is -0.113. The summed E-state index contributed by atoms with van der Waals surface area (Å²) in [6.07, 6.45) is 0. The van der Waals surface area contributed by atoms with Crippen LogP contribution in [-0.4, -0.2) is 32.3 Å². The summed E-state index contributed by atoms with van der Waals surface area (Å²) in [6.45, 7) is 1.93. The number of para-hydroxylation sites is 1. The topological polar surface area (TPSA) is 88.9 Å². The average molecular weight is 510 g/mol. The zero-order valence-electron chi connectivity index (χ0n) is 18.7. The predicted molar refractivity (Wildman–Crippen MR) is 134 cm³/mol. The van der Waals surface area contributed by atoms with Crippen LogP contribution in [0, 0.1) is 12.7 Å². The molecular formula is C25H21ClFN5O2S. The van der Waals surface area contributed by atoms with E-state index in [0.29, 0.717) is 11.0 Å². The highest BCUT2D eigenvalue weighted by Gasteiger charge is 2.19. The number of hydrogen-bond donors (Lipinski definition) is 2. The molecule has 2 N–H and O–H groups in total. The molecule has 1 aromatic heterocycles. The Labute approximate surface area is 210 Å². The summed E-state index contributed by atoms with van der Waals surface area (Å²) in [5.41, 5.74) is 2.28. The summed E-state index contributed by atoms with van der Waals surface area (Å²) < 4.78 is 15.9. The van der Waals surface area contributed by atoms with E-state index in [2.05, 4.69) is 20.8 Å². The van der Waals surface area contributed by atoms with Gasteiger partial charge in [0.15, 0.2) is 11.0 Å². The summed E-state index contributed by atoms with van der Waals surface area (Å²) in [5, 5.41) is 14.4. The number of carbonyl (C=O) groups excluding carboxylic acids is 2. The summed E-state index contributed by atoms with van der Waals surface area (Å²) in [4.78, 5) is 25.1. The van der Waals surface area contributed by atoms with Crippen molar-refractivity contribution in [3.63, 3.8) is 0 Å². The van der Waals surface area contributed by atoms with Gasteiger partial charge in [0.2, 0.25) is 5.91 Å². The van der Waals surface area contributed by atoms with Gasteiger partial charge in [0.1, 0.15) is 5.82 Å². The highest BCUT2D eigenvalue weighted by molar-refractivity contribution is 7.99. The molecule has 0 saturated carbocycles. The fourth-order valence-electron chi connectivity index (χ4n) is 3.36. The van der Waals surface area contributed by atoms with Gasteiger partial charge in [-0.05, 0) is 48.9 Å². The number of rotatable bonds is 8. The van der Waals surface area contributed by atoms with Crippen molar-refractivity contribution in [2.75, 3.05) is 11.1 Å². The molecule has 4 aromatic rings. The van der Waals surface area contributed by atoms with Gasteiger partial charge >= 0.3 is 0 Å². The van der Waals surface area contributed by atoms with Gasteiger partial charge in [0, 0.05) is 11.4 Å². The first-order valence-electron chi connectivity index (χ1n) is 10.6. The number of halogens is 2. The Morgan fingerprint density at radius 1 is 1.03 bits per heavy atom. The molecule has 35 heavy (non-hydrogen) atoms. The number of amides is 2. The zero-order valence-corrected chi connectivity index (χ0v) is 20.2. The molecule has 0 atom stereocenters. The van der Waals surface area contributed by atoms with Gasteiger partial charge in [-0.25, -0.2) is 4.39 Å². The molecule has 0 spiro atoms. The number of aryl methyl sites for hydroxylation is 1. The highest BCUT2D eigenvalue weighted by atomic mass is 35.5. The largest absolute Gasteiger partial charge is 0.345 e. The first-order valence-corrected chi connectivity index (χ1v) is 12.0. The summed E-state index contributed by atoms with van der Waals surface area (Å²) in [6, 6.07) is 20.9. The van der Waals surface area contributed by atoms with Crippen molar-refractivity contribution >= 4 is 40.9 Å². The van der Waals surface area contributed by atoms with Crippen LogP contribution in [0.3, 0.4) is 0 Å². The van der Waals surface area contributed by atoms with Crippen molar-refractivity contribution in [1.29, 1.82) is 0 Å². The first kappa shape index (κ1) is 24.4. The molecule has 0 fully saturated rings. The maximum atomic E-state index is 14.1. The second-order valence-electron chi connectivity index (χ2n) is 7.56. The van der Waals surface area contributed by atoms with Crippen molar-refractivity contribution in [1.82, 2.24) is 20.1 Å². The van der Waals surface area contributed by atoms with Crippen molar-refractivity contribution in [3.8, 4) is 5.69 Å². The van der Waals surface area contributed by atoms with Crippen LogP contribution in [0.5, 0.6) is 0 Å². The molecular weight excluding hydrogens is 489 g/mol. The van der Waals surface area contributed by atoms with E-state index in [1.165, 1.54) is 30.0 Å². The Bertz CT molecular complexity index is 1340. The maximum Gasteiger partial charge on any atom is 0.256 e. The lowest BCUT2D eigenvalue weighted by atomic mass is 10.2. The standard InChI is InChI=1S/C25H21ClFN5O2S/c1-16-7-5-8-17(13-16)29-22(33)15-35-25-31-30-21(32(25)18-9-3-2-4-10-18)14-28-24(34)23-19(26)11-6-12-20(23)27/h2-13H,14-15H2,1H3,(H,28,34)(H,29,33). The summed E-state index contributed by atoms with van der Waals surface area (Å²) in [7, 11) is 0. The number of anilines is 1. The van der Waals surface area contributed by atoms with E-state index in [9.17, 15) is 14.0 Å². The number of nitrogens with zero attached hydrogens (tertiary/aromatic N) is 3. The molecule has 1 heterocycles. The minimum atomic E-state index is -0.713. The van der Waals surface area contributed by atoms with Crippen LogP contribution in [0.15, 0.2) is 78.0 Å². The van der Waals surface area contributed by atoms with Crippen LogP contribution in [0.2, 0.25) is 5.02 Å². The van der Waals surface area contributed by atoms with Gasteiger partial charge < -0.3 is 10.6 Å². The van der Waals surface area contributed by atoms with Crippen molar-refractivity contribution < 1.29 is 14.0 Å². The molecule has 2 amide bonds. The second-order valence-corrected chi connectivity index (χ2v) is 8.91. The number of aromatic nitrogens is 3. The SMILES string of the molecule is Cc1cccc(NC(=O)CSc2nnc(CNC(=O)c3c(F)cccc3Cl)n2-c2ccccc2)c1. The van der Waals surface area contributed by atoms with Gasteiger partial charge in [-0.15, -0.1) is 10.2 Å². The number of thioether (sulfide) groups is 1.